The molecule has 0 atom stereocenters. The van der Waals surface area contributed by atoms with E-state index >= 15 is 0 Å². The van der Waals surface area contributed by atoms with Gasteiger partial charge in [0, 0.05) is 18.7 Å². The largest absolute Gasteiger partial charge is 0.496 e. The molecule has 0 unspecified atom stereocenters. The normalized spacial score (nSPS) is 10.3. The van der Waals surface area contributed by atoms with Crippen LogP contribution in [0.25, 0.3) is 0 Å². The van der Waals surface area contributed by atoms with E-state index in [2.05, 4.69) is 29.7 Å². The Morgan fingerprint density at radius 3 is 2.07 bits per heavy atom. The van der Waals surface area contributed by atoms with Gasteiger partial charge in [0.05, 0.1) is 38.3 Å². The lowest BCUT2D eigenvalue weighted by Crippen LogP contribution is -2.15. The zero-order valence-corrected chi connectivity index (χ0v) is 17.6. The van der Waals surface area contributed by atoms with Gasteiger partial charge in [0.2, 0.25) is 0 Å². The summed E-state index contributed by atoms with van der Waals surface area (Å²) in [4.78, 5) is 13.0. The number of nitrogens with one attached hydrogen (secondary N) is 2. The standard InChI is InChI=1S/C24H26N2O4/c1-16-9-5-6-10-17(16)15-25-19-11-7-8-12-20(19)26-24(27)18-13-22(29-3)23(30-4)14-21(18)28-2/h5-14,25H,15H2,1-4H3,(H,26,27). The minimum absolute atomic E-state index is 0.307. The van der Waals surface area contributed by atoms with Gasteiger partial charge in [-0.3, -0.25) is 4.79 Å². The number of amides is 1. The number of rotatable bonds is 8. The lowest BCUT2D eigenvalue weighted by Gasteiger charge is -2.16. The molecule has 0 aliphatic rings. The third-order valence-corrected chi connectivity index (χ3v) is 4.86. The van der Waals surface area contributed by atoms with Crippen LogP contribution < -0.4 is 24.8 Å². The van der Waals surface area contributed by atoms with E-state index < -0.39 is 0 Å². The summed E-state index contributed by atoms with van der Waals surface area (Å²) >= 11 is 0. The fourth-order valence-electron chi connectivity index (χ4n) is 3.14. The number of hydrogen-bond donors (Lipinski definition) is 2. The molecule has 2 N–H and O–H groups in total. The second-order valence-electron chi connectivity index (χ2n) is 6.69. The summed E-state index contributed by atoms with van der Waals surface area (Å²) in [5.74, 6) is 1.04. The number of benzene rings is 3. The first-order valence-corrected chi connectivity index (χ1v) is 9.56. The highest BCUT2D eigenvalue weighted by atomic mass is 16.5. The Kier molecular flexibility index (Phi) is 6.80. The average Bonchev–Trinajstić information content (AvgIpc) is 2.78. The van der Waals surface area contributed by atoms with Gasteiger partial charge < -0.3 is 24.8 Å². The van der Waals surface area contributed by atoms with Crippen LogP contribution in [0, 0.1) is 6.92 Å². The molecule has 0 bridgehead atoms. The number of carbonyl (C=O) groups is 1. The highest BCUT2D eigenvalue weighted by Crippen LogP contribution is 2.35. The first kappa shape index (κ1) is 21.0. The molecule has 0 saturated carbocycles. The van der Waals surface area contributed by atoms with Crippen LogP contribution in [0.4, 0.5) is 11.4 Å². The molecule has 30 heavy (non-hydrogen) atoms. The van der Waals surface area contributed by atoms with Crippen molar-refractivity contribution in [1.82, 2.24) is 0 Å². The van der Waals surface area contributed by atoms with Gasteiger partial charge in [0.15, 0.2) is 11.5 Å². The number of para-hydroxylation sites is 2. The Morgan fingerprint density at radius 2 is 1.40 bits per heavy atom. The molecule has 6 heteroatoms. The SMILES string of the molecule is COc1cc(OC)c(C(=O)Nc2ccccc2NCc2ccccc2C)cc1OC. The second kappa shape index (κ2) is 9.69. The minimum atomic E-state index is -0.307. The van der Waals surface area contributed by atoms with Gasteiger partial charge in [-0.2, -0.15) is 0 Å². The van der Waals surface area contributed by atoms with Crippen molar-refractivity contribution in [3.63, 3.8) is 0 Å². The second-order valence-corrected chi connectivity index (χ2v) is 6.69. The Bertz CT molecular complexity index is 1030. The number of hydrogen-bond acceptors (Lipinski definition) is 5. The lowest BCUT2D eigenvalue weighted by atomic mass is 10.1. The molecule has 0 fully saturated rings. The van der Waals surface area contributed by atoms with Crippen molar-refractivity contribution in [2.75, 3.05) is 32.0 Å². The zero-order chi connectivity index (χ0) is 21.5. The van der Waals surface area contributed by atoms with E-state index in [1.807, 2.05) is 36.4 Å². The quantitative estimate of drug-likeness (QED) is 0.558. The molecule has 0 spiro atoms. The molecule has 156 valence electrons. The van der Waals surface area contributed by atoms with Crippen molar-refractivity contribution in [2.45, 2.75) is 13.5 Å². The summed E-state index contributed by atoms with van der Waals surface area (Å²) in [6.07, 6.45) is 0. The summed E-state index contributed by atoms with van der Waals surface area (Å²) in [6, 6.07) is 19.0. The lowest BCUT2D eigenvalue weighted by molar-refractivity contribution is 0.102. The Hall–Kier alpha value is -3.67. The molecule has 0 saturated heterocycles. The Balaban J connectivity index is 1.83. The summed E-state index contributed by atoms with van der Waals surface area (Å²) in [5, 5.41) is 6.37. The molecular formula is C24H26N2O4. The van der Waals surface area contributed by atoms with E-state index in [9.17, 15) is 4.79 Å². The molecule has 3 aromatic rings. The summed E-state index contributed by atoms with van der Waals surface area (Å²) in [7, 11) is 4.57. The van der Waals surface area contributed by atoms with Crippen LogP contribution in [-0.4, -0.2) is 27.2 Å². The van der Waals surface area contributed by atoms with E-state index in [-0.39, 0.29) is 5.91 Å². The predicted molar refractivity (Wildman–Crippen MR) is 119 cm³/mol. The van der Waals surface area contributed by atoms with Crippen LogP contribution in [-0.2, 0) is 6.54 Å². The molecule has 6 nitrogen and oxygen atoms in total. The molecule has 0 aromatic heterocycles. The van der Waals surface area contributed by atoms with Crippen molar-refractivity contribution >= 4 is 17.3 Å². The van der Waals surface area contributed by atoms with Gasteiger partial charge in [-0.1, -0.05) is 36.4 Å². The van der Waals surface area contributed by atoms with Gasteiger partial charge >= 0.3 is 0 Å². The Labute approximate surface area is 176 Å². The monoisotopic (exact) mass is 406 g/mol. The van der Waals surface area contributed by atoms with E-state index in [1.165, 1.54) is 32.5 Å². The molecule has 3 aromatic carbocycles. The fourth-order valence-corrected chi connectivity index (χ4v) is 3.14. The predicted octanol–water partition coefficient (Wildman–Crippen LogP) is 4.89. The summed E-state index contributed by atoms with van der Waals surface area (Å²) in [5.41, 5.74) is 4.26. The maximum absolute atomic E-state index is 13.0. The maximum atomic E-state index is 13.0. The summed E-state index contributed by atoms with van der Waals surface area (Å²) in [6.45, 7) is 2.73. The van der Waals surface area contributed by atoms with Crippen LogP contribution in [0.1, 0.15) is 21.5 Å². The maximum Gasteiger partial charge on any atom is 0.259 e. The minimum Gasteiger partial charge on any atom is -0.496 e. The molecular weight excluding hydrogens is 380 g/mol. The smallest absolute Gasteiger partial charge is 0.259 e. The van der Waals surface area contributed by atoms with Crippen LogP contribution in [0.3, 0.4) is 0 Å². The van der Waals surface area contributed by atoms with Gasteiger partial charge in [-0.05, 0) is 30.2 Å². The van der Waals surface area contributed by atoms with Gasteiger partial charge in [-0.25, -0.2) is 0 Å². The first-order chi connectivity index (χ1) is 14.6. The van der Waals surface area contributed by atoms with E-state index in [1.54, 1.807) is 12.1 Å². The molecule has 0 aliphatic carbocycles. The van der Waals surface area contributed by atoms with Crippen LogP contribution in [0.15, 0.2) is 60.7 Å². The van der Waals surface area contributed by atoms with Crippen molar-refractivity contribution in [3.8, 4) is 17.2 Å². The van der Waals surface area contributed by atoms with Gasteiger partial charge in [0.25, 0.3) is 5.91 Å². The van der Waals surface area contributed by atoms with E-state index in [0.29, 0.717) is 35.0 Å². The number of ether oxygens (including phenoxy) is 3. The highest BCUT2D eigenvalue weighted by molar-refractivity contribution is 6.08. The van der Waals surface area contributed by atoms with Crippen LogP contribution in [0.2, 0.25) is 0 Å². The van der Waals surface area contributed by atoms with Crippen LogP contribution >= 0.6 is 0 Å². The number of carbonyl (C=O) groups excluding carboxylic acids is 1. The topological polar surface area (TPSA) is 68.8 Å². The van der Waals surface area contributed by atoms with Crippen LogP contribution in [0.5, 0.6) is 17.2 Å². The molecule has 0 aliphatic heterocycles. The number of anilines is 2. The van der Waals surface area contributed by atoms with E-state index in [0.717, 1.165) is 5.69 Å². The molecule has 0 radical (unpaired) electrons. The fraction of sp³-hybridized carbons (Fsp3) is 0.208. The summed E-state index contributed by atoms with van der Waals surface area (Å²) < 4.78 is 16.0. The third-order valence-electron chi connectivity index (χ3n) is 4.86. The van der Waals surface area contributed by atoms with Gasteiger partial charge in [-0.15, -0.1) is 0 Å². The van der Waals surface area contributed by atoms with Crippen molar-refractivity contribution in [2.24, 2.45) is 0 Å². The first-order valence-electron chi connectivity index (χ1n) is 9.56. The third kappa shape index (κ3) is 4.66. The number of aryl methyl sites for hydroxylation is 1. The highest BCUT2D eigenvalue weighted by Gasteiger charge is 2.18. The van der Waals surface area contributed by atoms with Crippen molar-refractivity contribution < 1.29 is 19.0 Å². The molecule has 3 rings (SSSR count). The average molecular weight is 406 g/mol. The van der Waals surface area contributed by atoms with Crippen molar-refractivity contribution in [3.05, 3.63) is 77.4 Å². The number of methoxy groups -OCH3 is 3. The Morgan fingerprint density at radius 1 is 0.800 bits per heavy atom. The zero-order valence-electron chi connectivity index (χ0n) is 17.6. The van der Waals surface area contributed by atoms with Crippen molar-refractivity contribution in [1.29, 1.82) is 0 Å². The van der Waals surface area contributed by atoms with Gasteiger partial charge in [0.1, 0.15) is 5.75 Å². The molecule has 1 amide bonds. The molecule has 0 heterocycles. The van der Waals surface area contributed by atoms with E-state index in [4.69, 9.17) is 14.2 Å².